The van der Waals surface area contributed by atoms with Crippen molar-refractivity contribution in [3.05, 3.63) is 46.7 Å². The average Bonchev–Trinajstić information content (AvgIpc) is 2.85. The summed E-state index contributed by atoms with van der Waals surface area (Å²) < 4.78 is 0. The maximum absolute atomic E-state index is 12.5. The number of hydrogen-bond donors (Lipinski definition) is 1. The minimum absolute atomic E-state index is 0.0902. The number of fused-ring (bicyclic) bond motifs is 1. The van der Waals surface area contributed by atoms with Gasteiger partial charge in [0.25, 0.3) is 5.91 Å². The molecule has 0 saturated carbocycles. The van der Waals surface area contributed by atoms with Gasteiger partial charge in [-0.15, -0.1) is 0 Å². The maximum atomic E-state index is 12.5. The number of nitrogens with one attached hydrogen (secondary N) is 1. The van der Waals surface area contributed by atoms with E-state index in [1.165, 1.54) is 0 Å². The van der Waals surface area contributed by atoms with Crippen LogP contribution in [-0.4, -0.2) is 19.0 Å². The number of para-hydroxylation sites is 2. The van der Waals surface area contributed by atoms with E-state index in [0.717, 1.165) is 36.4 Å². The number of nitrogens with zero attached hydrogens (tertiary/aromatic N) is 1. The molecule has 1 aliphatic rings. The van der Waals surface area contributed by atoms with Crippen LogP contribution in [0.2, 0.25) is 0 Å². The van der Waals surface area contributed by atoms with Crippen molar-refractivity contribution < 1.29 is 4.79 Å². The molecule has 0 atom stereocenters. The predicted octanol–water partition coefficient (Wildman–Crippen LogP) is 3.21. The highest BCUT2D eigenvalue weighted by molar-refractivity contribution is 7.08. The second-order valence-corrected chi connectivity index (χ2v) is 5.05. The van der Waals surface area contributed by atoms with Crippen LogP contribution in [0.25, 0.3) is 0 Å². The number of rotatable bonds is 1. The van der Waals surface area contributed by atoms with E-state index in [1.54, 1.807) is 11.3 Å². The zero-order valence-electron chi connectivity index (χ0n) is 9.93. The first-order chi connectivity index (χ1) is 8.86. The van der Waals surface area contributed by atoms with Gasteiger partial charge in [-0.1, -0.05) is 12.1 Å². The molecule has 3 rings (SSSR count). The van der Waals surface area contributed by atoms with Crippen molar-refractivity contribution in [3.63, 3.8) is 0 Å². The van der Waals surface area contributed by atoms with Crippen molar-refractivity contribution in [3.8, 4) is 0 Å². The van der Waals surface area contributed by atoms with Gasteiger partial charge in [0, 0.05) is 18.5 Å². The van der Waals surface area contributed by atoms with Gasteiger partial charge in [-0.2, -0.15) is 11.3 Å². The SMILES string of the molecule is O=C(c1ccsc1)N1CCCNc2ccccc21. The Bertz CT molecular complexity index is 551. The molecule has 92 valence electrons. The highest BCUT2D eigenvalue weighted by Crippen LogP contribution is 2.29. The summed E-state index contributed by atoms with van der Waals surface area (Å²) in [5, 5.41) is 7.21. The molecule has 1 aromatic carbocycles. The zero-order valence-corrected chi connectivity index (χ0v) is 10.7. The molecule has 0 saturated heterocycles. The summed E-state index contributed by atoms with van der Waals surface area (Å²) >= 11 is 1.56. The summed E-state index contributed by atoms with van der Waals surface area (Å²) in [6.07, 6.45) is 0.963. The molecule has 0 spiro atoms. The topological polar surface area (TPSA) is 32.3 Å². The molecule has 2 heterocycles. The van der Waals surface area contributed by atoms with Gasteiger partial charge in [0.2, 0.25) is 0 Å². The Morgan fingerprint density at radius 2 is 2.17 bits per heavy atom. The zero-order chi connectivity index (χ0) is 12.4. The smallest absolute Gasteiger partial charge is 0.259 e. The number of carbonyl (C=O) groups is 1. The fourth-order valence-corrected chi connectivity index (χ4v) is 2.82. The monoisotopic (exact) mass is 258 g/mol. The largest absolute Gasteiger partial charge is 0.383 e. The average molecular weight is 258 g/mol. The van der Waals surface area contributed by atoms with E-state index in [2.05, 4.69) is 5.32 Å². The van der Waals surface area contributed by atoms with E-state index in [0.29, 0.717) is 0 Å². The minimum Gasteiger partial charge on any atom is -0.383 e. The Kier molecular flexibility index (Phi) is 3.02. The highest BCUT2D eigenvalue weighted by atomic mass is 32.1. The lowest BCUT2D eigenvalue weighted by molar-refractivity contribution is 0.0988. The molecule has 0 bridgehead atoms. The molecular weight excluding hydrogens is 244 g/mol. The third kappa shape index (κ3) is 1.99. The van der Waals surface area contributed by atoms with Crippen LogP contribution in [0.3, 0.4) is 0 Å². The quantitative estimate of drug-likeness (QED) is 0.852. The number of benzene rings is 1. The Morgan fingerprint density at radius 3 is 3.00 bits per heavy atom. The number of anilines is 2. The summed E-state index contributed by atoms with van der Waals surface area (Å²) in [6, 6.07) is 9.87. The summed E-state index contributed by atoms with van der Waals surface area (Å²) in [6.45, 7) is 1.67. The van der Waals surface area contributed by atoms with Crippen LogP contribution in [0.4, 0.5) is 11.4 Å². The van der Waals surface area contributed by atoms with Crippen molar-refractivity contribution in [1.29, 1.82) is 0 Å². The number of carbonyl (C=O) groups excluding carboxylic acids is 1. The number of amides is 1. The first-order valence-electron chi connectivity index (χ1n) is 6.03. The third-order valence-corrected chi connectivity index (χ3v) is 3.77. The van der Waals surface area contributed by atoms with Crippen LogP contribution in [0, 0.1) is 0 Å². The molecule has 0 fully saturated rings. The molecule has 0 radical (unpaired) electrons. The molecular formula is C14H14N2OS. The predicted molar refractivity (Wildman–Crippen MR) is 75.5 cm³/mol. The van der Waals surface area contributed by atoms with Crippen LogP contribution >= 0.6 is 11.3 Å². The van der Waals surface area contributed by atoms with Gasteiger partial charge in [0.15, 0.2) is 0 Å². The normalized spacial score (nSPS) is 14.6. The van der Waals surface area contributed by atoms with Crippen LogP contribution in [0.15, 0.2) is 41.1 Å². The van der Waals surface area contributed by atoms with Crippen LogP contribution in [-0.2, 0) is 0 Å². The Labute approximate surface area is 110 Å². The first kappa shape index (κ1) is 11.3. The van der Waals surface area contributed by atoms with E-state index in [-0.39, 0.29) is 5.91 Å². The first-order valence-corrected chi connectivity index (χ1v) is 6.97. The van der Waals surface area contributed by atoms with E-state index < -0.39 is 0 Å². The van der Waals surface area contributed by atoms with Crippen LogP contribution < -0.4 is 10.2 Å². The molecule has 3 nitrogen and oxygen atoms in total. The Hall–Kier alpha value is -1.81. The van der Waals surface area contributed by atoms with E-state index in [9.17, 15) is 4.79 Å². The van der Waals surface area contributed by atoms with Crippen molar-refractivity contribution in [2.45, 2.75) is 6.42 Å². The second kappa shape index (κ2) is 4.82. The molecule has 0 aliphatic carbocycles. The molecule has 1 aliphatic heterocycles. The lowest BCUT2D eigenvalue weighted by Gasteiger charge is -2.21. The van der Waals surface area contributed by atoms with E-state index in [1.807, 2.05) is 46.0 Å². The van der Waals surface area contributed by atoms with Gasteiger partial charge in [0.05, 0.1) is 16.9 Å². The lowest BCUT2D eigenvalue weighted by Crippen LogP contribution is -2.31. The van der Waals surface area contributed by atoms with Crippen molar-refractivity contribution in [1.82, 2.24) is 0 Å². The standard InChI is InChI=1S/C14H14N2OS/c17-14(11-6-9-18-10-11)16-8-3-7-15-12-4-1-2-5-13(12)16/h1-2,4-6,9-10,15H,3,7-8H2. The number of hydrogen-bond acceptors (Lipinski definition) is 3. The summed E-state index contributed by atoms with van der Waals surface area (Å²) in [5.74, 6) is 0.0902. The van der Waals surface area contributed by atoms with Crippen molar-refractivity contribution in [2.24, 2.45) is 0 Å². The van der Waals surface area contributed by atoms with E-state index in [4.69, 9.17) is 0 Å². The van der Waals surface area contributed by atoms with Crippen molar-refractivity contribution in [2.75, 3.05) is 23.3 Å². The van der Waals surface area contributed by atoms with Gasteiger partial charge in [-0.25, -0.2) is 0 Å². The maximum Gasteiger partial charge on any atom is 0.259 e. The van der Waals surface area contributed by atoms with Gasteiger partial charge >= 0.3 is 0 Å². The highest BCUT2D eigenvalue weighted by Gasteiger charge is 2.21. The minimum atomic E-state index is 0.0902. The third-order valence-electron chi connectivity index (χ3n) is 3.08. The molecule has 2 aromatic rings. The van der Waals surface area contributed by atoms with Gasteiger partial charge in [-0.05, 0) is 30.0 Å². The van der Waals surface area contributed by atoms with Crippen LogP contribution in [0.1, 0.15) is 16.8 Å². The Balaban J connectivity index is 1.99. The fourth-order valence-electron chi connectivity index (χ4n) is 2.19. The molecule has 1 aromatic heterocycles. The number of thiophene rings is 1. The second-order valence-electron chi connectivity index (χ2n) is 4.27. The van der Waals surface area contributed by atoms with Crippen LogP contribution in [0.5, 0.6) is 0 Å². The summed E-state index contributed by atoms with van der Waals surface area (Å²) in [4.78, 5) is 14.4. The van der Waals surface area contributed by atoms with Gasteiger partial charge in [-0.3, -0.25) is 4.79 Å². The molecule has 1 amide bonds. The lowest BCUT2D eigenvalue weighted by atomic mass is 10.2. The van der Waals surface area contributed by atoms with Crippen molar-refractivity contribution >= 4 is 28.6 Å². The molecule has 18 heavy (non-hydrogen) atoms. The molecule has 4 heteroatoms. The fraction of sp³-hybridized carbons (Fsp3) is 0.214. The molecule has 0 unspecified atom stereocenters. The summed E-state index contributed by atoms with van der Waals surface area (Å²) in [7, 11) is 0. The molecule has 1 N–H and O–H groups in total. The Morgan fingerprint density at radius 1 is 1.28 bits per heavy atom. The van der Waals surface area contributed by atoms with Gasteiger partial charge in [0.1, 0.15) is 0 Å². The van der Waals surface area contributed by atoms with E-state index >= 15 is 0 Å². The summed E-state index contributed by atoms with van der Waals surface area (Å²) in [5.41, 5.74) is 2.79. The van der Waals surface area contributed by atoms with Gasteiger partial charge < -0.3 is 10.2 Å².